The number of benzene rings is 4. The van der Waals surface area contributed by atoms with E-state index in [0.717, 1.165) is 10.6 Å². The van der Waals surface area contributed by atoms with Crippen molar-refractivity contribution in [3.63, 3.8) is 0 Å². The number of aromatic nitrogens is 2. The molecular weight excluding hydrogens is 400 g/mol. The Kier molecular flexibility index (Phi) is 4.34. The molecule has 33 heavy (non-hydrogen) atoms. The Hall–Kier alpha value is -4.30. The van der Waals surface area contributed by atoms with Gasteiger partial charge in [0, 0.05) is 45.0 Å². The van der Waals surface area contributed by atoms with E-state index >= 15 is 0 Å². The summed E-state index contributed by atoms with van der Waals surface area (Å²) in [4.78, 5) is 0. The molecule has 158 valence electrons. The average Bonchev–Trinajstić information content (AvgIpc) is 3.31. The third-order valence-electron chi connectivity index (χ3n) is 6.67. The van der Waals surface area contributed by atoms with Crippen LogP contribution in [0.3, 0.4) is 0 Å². The number of rotatable bonds is 3. The molecule has 0 atom stereocenters. The van der Waals surface area contributed by atoms with E-state index < -0.39 is 0 Å². The Morgan fingerprint density at radius 3 is 2.06 bits per heavy atom. The summed E-state index contributed by atoms with van der Waals surface area (Å²) in [6, 6.07) is 32.7. The summed E-state index contributed by atoms with van der Waals surface area (Å²) in [6.07, 6.45) is 3.88. The van der Waals surface area contributed by atoms with Gasteiger partial charge in [-0.25, -0.2) is 0 Å². The Balaban J connectivity index is 1.63. The zero-order chi connectivity index (χ0) is 22.5. The van der Waals surface area contributed by atoms with Crippen LogP contribution in [-0.4, -0.2) is 9.13 Å². The summed E-state index contributed by atoms with van der Waals surface area (Å²) < 4.78 is 4.49. The van der Waals surface area contributed by atoms with Crippen molar-refractivity contribution in [2.75, 3.05) is 0 Å². The van der Waals surface area contributed by atoms with Gasteiger partial charge in [0.05, 0.1) is 11.0 Å². The standard InChI is InChI=1S/C31H24N2/c1-4-10-25-21(2)32(3)29-17-15-22(19-27(25)29)23-16-18-31-28(20-23)26-13-8-9-14-30(26)33(31)24-11-6-5-7-12-24/h4-20H,1-2H2,3H3/b25-10+. The van der Waals surface area contributed by atoms with Crippen LogP contribution in [0.2, 0.25) is 0 Å². The molecule has 0 saturated heterocycles. The second-order valence-electron chi connectivity index (χ2n) is 8.47. The van der Waals surface area contributed by atoms with Gasteiger partial charge in [0.2, 0.25) is 0 Å². The molecule has 0 unspecified atom stereocenters. The maximum Gasteiger partial charge on any atom is 0.0541 e. The fourth-order valence-electron chi connectivity index (χ4n) is 5.02. The number of nitrogens with zero attached hydrogens (tertiary/aromatic N) is 2. The fraction of sp³-hybridized carbons (Fsp3) is 0.0323. The molecule has 0 saturated carbocycles. The highest BCUT2D eigenvalue weighted by molar-refractivity contribution is 6.10. The van der Waals surface area contributed by atoms with Crippen molar-refractivity contribution >= 4 is 45.4 Å². The molecule has 0 fully saturated rings. The number of hydrogen-bond donors (Lipinski definition) is 0. The van der Waals surface area contributed by atoms with Crippen molar-refractivity contribution in [2.24, 2.45) is 7.05 Å². The highest BCUT2D eigenvalue weighted by atomic mass is 15.0. The topological polar surface area (TPSA) is 9.86 Å². The molecule has 2 heteroatoms. The maximum atomic E-state index is 4.27. The lowest BCUT2D eigenvalue weighted by atomic mass is 10.0. The van der Waals surface area contributed by atoms with Crippen LogP contribution in [0.5, 0.6) is 0 Å². The average molecular weight is 425 g/mol. The van der Waals surface area contributed by atoms with Gasteiger partial charge in [-0.2, -0.15) is 0 Å². The molecule has 0 aliphatic heterocycles. The van der Waals surface area contributed by atoms with Gasteiger partial charge in [0.25, 0.3) is 0 Å². The minimum atomic E-state index is 1.00. The largest absolute Gasteiger partial charge is 0.344 e. The lowest BCUT2D eigenvalue weighted by Gasteiger charge is -2.08. The monoisotopic (exact) mass is 424 g/mol. The van der Waals surface area contributed by atoms with Crippen molar-refractivity contribution in [3.05, 3.63) is 114 Å². The van der Waals surface area contributed by atoms with E-state index in [4.69, 9.17) is 0 Å². The molecule has 0 bridgehead atoms. The molecule has 0 N–H and O–H groups in total. The van der Waals surface area contributed by atoms with Crippen LogP contribution in [0.1, 0.15) is 0 Å². The number of fused-ring (bicyclic) bond motifs is 4. The van der Waals surface area contributed by atoms with Crippen molar-refractivity contribution in [1.82, 2.24) is 9.13 Å². The number of aryl methyl sites for hydroxylation is 1. The van der Waals surface area contributed by atoms with Crippen LogP contribution in [0.4, 0.5) is 0 Å². The molecule has 0 aliphatic rings. The quantitative estimate of drug-likeness (QED) is 0.315. The third-order valence-corrected chi connectivity index (χ3v) is 6.67. The van der Waals surface area contributed by atoms with Crippen molar-refractivity contribution in [3.8, 4) is 16.8 Å². The summed E-state index contributed by atoms with van der Waals surface area (Å²) in [6.45, 7) is 8.16. The summed E-state index contributed by atoms with van der Waals surface area (Å²) in [5.74, 6) is 0. The van der Waals surface area contributed by atoms with Gasteiger partial charge >= 0.3 is 0 Å². The highest BCUT2D eigenvalue weighted by Gasteiger charge is 2.13. The first kappa shape index (κ1) is 19.4. The minimum absolute atomic E-state index is 1.00. The smallest absolute Gasteiger partial charge is 0.0541 e. The van der Waals surface area contributed by atoms with Gasteiger partial charge in [-0.15, -0.1) is 0 Å². The first-order valence-corrected chi connectivity index (χ1v) is 11.2. The Bertz CT molecular complexity index is 1800. The number of para-hydroxylation sites is 2. The first-order valence-electron chi connectivity index (χ1n) is 11.2. The van der Waals surface area contributed by atoms with Gasteiger partial charge in [0.1, 0.15) is 0 Å². The zero-order valence-electron chi connectivity index (χ0n) is 18.6. The third kappa shape index (κ3) is 2.88. The summed E-state index contributed by atoms with van der Waals surface area (Å²) in [5.41, 5.74) is 7.20. The van der Waals surface area contributed by atoms with E-state index in [1.54, 1.807) is 0 Å². The molecule has 6 rings (SSSR count). The second kappa shape index (κ2) is 7.39. The van der Waals surface area contributed by atoms with E-state index in [1.807, 2.05) is 12.2 Å². The van der Waals surface area contributed by atoms with E-state index in [1.165, 1.54) is 49.5 Å². The van der Waals surface area contributed by atoms with Gasteiger partial charge in [-0.3, -0.25) is 0 Å². The minimum Gasteiger partial charge on any atom is -0.344 e. The molecule has 2 aromatic heterocycles. The zero-order valence-corrected chi connectivity index (χ0v) is 18.6. The fourth-order valence-corrected chi connectivity index (χ4v) is 5.02. The van der Waals surface area contributed by atoms with Gasteiger partial charge in [-0.05, 0) is 53.6 Å². The van der Waals surface area contributed by atoms with Crippen molar-refractivity contribution < 1.29 is 0 Å². The van der Waals surface area contributed by atoms with E-state index in [-0.39, 0.29) is 0 Å². The SMILES string of the molecule is C=C/C=c1\c(=C)n(C)c2ccc(-c3ccc4c(c3)c3ccccc3n4-c3ccccc3)cc12. The summed E-state index contributed by atoms with van der Waals surface area (Å²) in [5, 5.41) is 5.86. The number of allylic oxidation sites excluding steroid dienone is 1. The molecule has 2 nitrogen and oxygen atoms in total. The Morgan fingerprint density at radius 1 is 0.667 bits per heavy atom. The lowest BCUT2D eigenvalue weighted by molar-refractivity contribution is 0.928. The van der Waals surface area contributed by atoms with Crippen LogP contribution in [0.25, 0.3) is 62.2 Å². The molecule has 0 radical (unpaired) electrons. The first-order chi connectivity index (χ1) is 16.2. The Labute approximate surface area is 192 Å². The summed E-state index contributed by atoms with van der Waals surface area (Å²) >= 11 is 0. The van der Waals surface area contributed by atoms with Gasteiger partial charge in [0.15, 0.2) is 0 Å². The van der Waals surface area contributed by atoms with E-state index in [0.29, 0.717) is 0 Å². The molecular formula is C31H24N2. The molecule has 0 spiro atoms. The van der Waals surface area contributed by atoms with E-state index in [2.05, 4.69) is 120 Å². The normalized spacial score (nSPS) is 12.2. The molecule has 6 aromatic rings. The molecule has 4 aromatic carbocycles. The van der Waals surface area contributed by atoms with Crippen molar-refractivity contribution in [2.45, 2.75) is 0 Å². The lowest BCUT2D eigenvalue weighted by Crippen LogP contribution is -2.25. The van der Waals surface area contributed by atoms with Gasteiger partial charge in [-0.1, -0.05) is 73.8 Å². The second-order valence-corrected chi connectivity index (χ2v) is 8.47. The molecule has 0 amide bonds. The van der Waals surface area contributed by atoms with Crippen LogP contribution < -0.4 is 10.6 Å². The predicted octanol–water partition coefficient (Wildman–Crippen LogP) is 6.32. The molecule has 0 aliphatic carbocycles. The number of hydrogen-bond acceptors (Lipinski definition) is 0. The highest BCUT2D eigenvalue weighted by Crippen LogP contribution is 2.35. The van der Waals surface area contributed by atoms with Gasteiger partial charge < -0.3 is 9.13 Å². The van der Waals surface area contributed by atoms with Crippen LogP contribution >= 0.6 is 0 Å². The van der Waals surface area contributed by atoms with Crippen LogP contribution in [-0.2, 0) is 7.05 Å². The summed E-state index contributed by atoms with van der Waals surface area (Å²) in [7, 11) is 2.06. The maximum absolute atomic E-state index is 4.27. The predicted molar refractivity (Wildman–Crippen MR) is 142 cm³/mol. The van der Waals surface area contributed by atoms with E-state index in [9.17, 15) is 0 Å². The van der Waals surface area contributed by atoms with Crippen LogP contribution in [0.15, 0.2) is 104 Å². The van der Waals surface area contributed by atoms with Crippen LogP contribution in [0, 0.1) is 0 Å². The van der Waals surface area contributed by atoms with Crippen molar-refractivity contribution in [1.29, 1.82) is 0 Å². The molecule has 2 heterocycles. The Morgan fingerprint density at radius 2 is 1.30 bits per heavy atom.